The summed E-state index contributed by atoms with van der Waals surface area (Å²) in [5.74, 6) is 0.0782. The quantitative estimate of drug-likeness (QED) is 0.0222. The lowest BCUT2D eigenvalue weighted by Gasteiger charge is -2.21. The number of phosphoric ester groups is 2. The molecule has 0 rings (SSSR count). The first-order valence-electron chi connectivity index (χ1n) is 35.8. The second-order valence-corrected chi connectivity index (χ2v) is 29.3. The number of hydrogen-bond donors (Lipinski definition) is 3. The highest BCUT2D eigenvalue weighted by atomic mass is 31.2. The maximum atomic E-state index is 13.0. The third-order valence-corrected chi connectivity index (χ3v) is 17.8. The van der Waals surface area contributed by atoms with Crippen molar-refractivity contribution in [1.29, 1.82) is 0 Å². The van der Waals surface area contributed by atoms with E-state index in [4.69, 9.17) is 37.0 Å². The van der Waals surface area contributed by atoms with Gasteiger partial charge in [-0.15, -0.1) is 0 Å². The molecule has 5 atom stereocenters. The molecule has 0 bridgehead atoms. The predicted molar refractivity (Wildman–Crippen MR) is 354 cm³/mol. The summed E-state index contributed by atoms with van der Waals surface area (Å²) in [6.45, 7) is 11.7. The Morgan fingerprint density at radius 2 is 0.523 bits per heavy atom. The topological polar surface area (TPSA) is 237 Å². The number of aliphatic hydroxyl groups is 1. The molecule has 19 heteroatoms. The van der Waals surface area contributed by atoms with E-state index < -0.39 is 97.5 Å². The van der Waals surface area contributed by atoms with E-state index in [1.54, 1.807) is 0 Å². The average molecular weight is 1300 g/mol. The lowest BCUT2D eigenvalue weighted by atomic mass is 10.0. The molecule has 2 unspecified atom stereocenters. The molecule has 0 aliphatic heterocycles. The van der Waals surface area contributed by atoms with Gasteiger partial charge in [-0.05, 0) is 43.4 Å². The van der Waals surface area contributed by atoms with Crippen LogP contribution in [-0.2, 0) is 65.4 Å². The van der Waals surface area contributed by atoms with Crippen molar-refractivity contribution in [2.75, 3.05) is 39.6 Å². The molecule has 0 aromatic rings. The molecule has 0 aromatic heterocycles. The van der Waals surface area contributed by atoms with E-state index >= 15 is 0 Å². The summed E-state index contributed by atoms with van der Waals surface area (Å²) in [4.78, 5) is 72.4. The van der Waals surface area contributed by atoms with E-state index in [0.29, 0.717) is 31.6 Å². The Morgan fingerprint density at radius 3 is 0.773 bits per heavy atom. The Balaban J connectivity index is 5.20. The molecule has 522 valence electrons. The Kier molecular flexibility index (Phi) is 58.7. The fourth-order valence-corrected chi connectivity index (χ4v) is 11.9. The standard InChI is InChI=1S/C69H134O17P2/c1-8-9-10-11-12-13-22-29-38-45-52-68(73)86-65(57-80-67(72)51-44-37-32-31-35-42-49-62(6)7)59-84-88(77,78)82-55-63(70)54-81-87(75,76)83-58-64(56-79-66(71)50-43-36-28-25-24-27-34-41-48-61(4)5)85-69(74)53-46-39-30-23-20-18-16-14-15-17-19-21-26-33-40-47-60(2)3/h60-65,70H,8-59H2,1-7H3,(H,75,76)(H,77,78)/t63-,64-,65-/m1/s1. The van der Waals surface area contributed by atoms with Gasteiger partial charge in [-0.25, -0.2) is 9.13 Å². The summed E-state index contributed by atoms with van der Waals surface area (Å²) < 4.78 is 68.2. The molecule has 0 amide bonds. The fraction of sp³-hybridized carbons (Fsp3) is 0.942. The molecule has 0 saturated carbocycles. The van der Waals surface area contributed by atoms with E-state index in [2.05, 4.69) is 48.5 Å². The molecule has 0 spiro atoms. The number of phosphoric acid groups is 2. The first-order valence-corrected chi connectivity index (χ1v) is 38.8. The molecule has 0 fully saturated rings. The Morgan fingerprint density at radius 1 is 0.307 bits per heavy atom. The van der Waals surface area contributed by atoms with Crippen molar-refractivity contribution in [3.05, 3.63) is 0 Å². The van der Waals surface area contributed by atoms with Gasteiger partial charge < -0.3 is 33.8 Å². The molecule has 88 heavy (non-hydrogen) atoms. The van der Waals surface area contributed by atoms with Crippen LogP contribution in [0.25, 0.3) is 0 Å². The third-order valence-electron chi connectivity index (χ3n) is 15.9. The molecule has 0 saturated heterocycles. The van der Waals surface area contributed by atoms with E-state index in [9.17, 15) is 43.2 Å². The Bertz CT molecular complexity index is 1730. The first kappa shape index (κ1) is 86.1. The molecule has 0 aromatic carbocycles. The zero-order valence-corrected chi connectivity index (χ0v) is 59.0. The molecule has 0 radical (unpaired) electrons. The number of ether oxygens (including phenoxy) is 4. The van der Waals surface area contributed by atoms with Crippen molar-refractivity contribution in [2.45, 2.75) is 362 Å². The molecule has 17 nitrogen and oxygen atoms in total. The lowest BCUT2D eigenvalue weighted by molar-refractivity contribution is -0.161. The van der Waals surface area contributed by atoms with Crippen molar-refractivity contribution in [1.82, 2.24) is 0 Å². The van der Waals surface area contributed by atoms with Crippen LogP contribution in [0.15, 0.2) is 0 Å². The highest BCUT2D eigenvalue weighted by Crippen LogP contribution is 2.45. The van der Waals surface area contributed by atoms with Crippen LogP contribution >= 0.6 is 15.6 Å². The minimum atomic E-state index is -4.95. The first-order chi connectivity index (χ1) is 42.2. The monoisotopic (exact) mass is 1300 g/mol. The Labute approximate surface area is 537 Å². The van der Waals surface area contributed by atoms with Crippen LogP contribution in [0, 0.1) is 17.8 Å². The molecule has 3 N–H and O–H groups in total. The number of carbonyl (C=O) groups excluding carboxylic acids is 4. The van der Waals surface area contributed by atoms with Crippen LogP contribution < -0.4 is 0 Å². The molecule has 0 aliphatic rings. The van der Waals surface area contributed by atoms with Crippen LogP contribution in [-0.4, -0.2) is 96.7 Å². The summed E-state index contributed by atoms with van der Waals surface area (Å²) in [6, 6.07) is 0. The van der Waals surface area contributed by atoms with Gasteiger partial charge in [0.25, 0.3) is 0 Å². The Hall–Kier alpha value is -1.94. The van der Waals surface area contributed by atoms with Crippen LogP contribution in [0.1, 0.15) is 344 Å². The summed E-state index contributed by atoms with van der Waals surface area (Å²) in [5.41, 5.74) is 0. The van der Waals surface area contributed by atoms with Crippen LogP contribution in [0.3, 0.4) is 0 Å². The third kappa shape index (κ3) is 62.8. The second-order valence-electron chi connectivity index (χ2n) is 26.3. The van der Waals surface area contributed by atoms with Crippen molar-refractivity contribution >= 4 is 39.5 Å². The number of hydrogen-bond acceptors (Lipinski definition) is 15. The minimum absolute atomic E-state index is 0.105. The lowest BCUT2D eigenvalue weighted by Crippen LogP contribution is -2.30. The van der Waals surface area contributed by atoms with Gasteiger partial charge in [0.05, 0.1) is 26.4 Å². The number of aliphatic hydroxyl groups excluding tert-OH is 1. The van der Waals surface area contributed by atoms with Crippen molar-refractivity contribution in [3.8, 4) is 0 Å². The molecule has 0 heterocycles. The van der Waals surface area contributed by atoms with Crippen LogP contribution in [0.2, 0.25) is 0 Å². The van der Waals surface area contributed by atoms with Crippen LogP contribution in [0.4, 0.5) is 0 Å². The van der Waals surface area contributed by atoms with Gasteiger partial charge in [-0.1, -0.05) is 292 Å². The highest BCUT2D eigenvalue weighted by molar-refractivity contribution is 7.47. The minimum Gasteiger partial charge on any atom is -0.462 e. The second kappa shape index (κ2) is 60.0. The predicted octanol–water partition coefficient (Wildman–Crippen LogP) is 19.5. The molecular weight excluding hydrogens is 1160 g/mol. The van der Waals surface area contributed by atoms with Gasteiger partial charge >= 0.3 is 39.5 Å². The van der Waals surface area contributed by atoms with Gasteiger partial charge in [0.2, 0.25) is 0 Å². The maximum Gasteiger partial charge on any atom is 0.472 e. The summed E-state index contributed by atoms with van der Waals surface area (Å²) in [6.07, 6.45) is 43.3. The number of rotatable bonds is 67. The summed E-state index contributed by atoms with van der Waals surface area (Å²) in [7, 11) is -9.90. The smallest absolute Gasteiger partial charge is 0.462 e. The van der Waals surface area contributed by atoms with E-state index in [-0.39, 0.29) is 25.7 Å². The summed E-state index contributed by atoms with van der Waals surface area (Å²) in [5, 5.41) is 10.6. The van der Waals surface area contributed by atoms with E-state index in [0.717, 1.165) is 108 Å². The van der Waals surface area contributed by atoms with Crippen molar-refractivity contribution in [2.24, 2.45) is 17.8 Å². The van der Waals surface area contributed by atoms with Gasteiger partial charge in [0.1, 0.15) is 19.3 Å². The molecular formula is C69H134O17P2. The normalized spacial score (nSPS) is 14.2. The SMILES string of the molecule is CCCCCCCCCCCCC(=O)O[C@H](COC(=O)CCCCCCCCC(C)C)COP(=O)(O)OC[C@H](O)COP(=O)(O)OC[C@@H](COC(=O)CCCCCCCCCCC(C)C)OC(=O)CCCCCCCCCCCCCCCCCC(C)C. The van der Waals surface area contributed by atoms with Gasteiger partial charge in [-0.3, -0.25) is 37.3 Å². The summed E-state index contributed by atoms with van der Waals surface area (Å²) >= 11 is 0. The largest absolute Gasteiger partial charge is 0.472 e. The maximum absolute atomic E-state index is 13.0. The number of carbonyl (C=O) groups is 4. The van der Waals surface area contributed by atoms with Gasteiger partial charge in [-0.2, -0.15) is 0 Å². The van der Waals surface area contributed by atoms with E-state index in [1.165, 1.54) is 148 Å². The fourth-order valence-electron chi connectivity index (χ4n) is 10.4. The molecule has 0 aliphatic carbocycles. The van der Waals surface area contributed by atoms with Crippen molar-refractivity contribution in [3.63, 3.8) is 0 Å². The zero-order valence-electron chi connectivity index (χ0n) is 57.2. The average Bonchev–Trinajstić information content (AvgIpc) is 3.57. The number of esters is 4. The van der Waals surface area contributed by atoms with Gasteiger partial charge in [0.15, 0.2) is 12.2 Å². The zero-order chi connectivity index (χ0) is 65.2. The van der Waals surface area contributed by atoms with Gasteiger partial charge in [0, 0.05) is 25.7 Å². The van der Waals surface area contributed by atoms with E-state index in [1.807, 2.05) is 0 Å². The number of unbranched alkanes of at least 4 members (excludes halogenated alkanes) is 35. The van der Waals surface area contributed by atoms with Crippen molar-refractivity contribution < 1.29 is 80.2 Å². The highest BCUT2D eigenvalue weighted by Gasteiger charge is 2.30. The van der Waals surface area contributed by atoms with Crippen LogP contribution in [0.5, 0.6) is 0 Å².